The lowest BCUT2D eigenvalue weighted by Gasteiger charge is -2.39. The molecule has 45 heavy (non-hydrogen) atoms. The lowest BCUT2D eigenvalue weighted by atomic mass is 9.93. The molecule has 11 heteroatoms. The summed E-state index contributed by atoms with van der Waals surface area (Å²) in [6.07, 6.45) is 6.08. The fourth-order valence-electron chi connectivity index (χ4n) is 6.32. The number of amides is 1. The fourth-order valence-corrected chi connectivity index (χ4v) is 6.32. The number of nitrogen functional groups attached to an aromatic ring is 1. The van der Waals surface area contributed by atoms with Gasteiger partial charge in [0.05, 0.1) is 34.0 Å². The van der Waals surface area contributed by atoms with Crippen molar-refractivity contribution in [3.8, 4) is 17.5 Å². The first-order valence-electron chi connectivity index (χ1n) is 15.1. The second kappa shape index (κ2) is 11.1. The third-order valence-electron chi connectivity index (χ3n) is 8.61. The summed E-state index contributed by atoms with van der Waals surface area (Å²) in [5, 5.41) is 12.7. The van der Waals surface area contributed by atoms with E-state index in [2.05, 4.69) is 27.4 Å². The average Bonchev–Trinajstić information content (AvgIpc) is 3.57. The van der Waals surface area contributed by atoms with Crippen LogP contribution in [0, 0.1) is 11.8 Å². The van der Waals surface area contributed by atoms with E-state index in [9.17, 15) is 9.59 Å². The van der Waals surface area contributed by atoms with E-state index in [-0.39, 0.29) is 23.3 Å². The van der Waals surface area contributed by atoms with E-state index in [1.807, 2.05) is 91.3 Å². The van der Waals surface area contributed by atoms with Gasteiger partial charge in [-0.05, 0) is 30.3 Å². The van der Waals surface area contributed by atoms with Crippen LogP contribution < -0.4 is 16.6 Å². The van der Waals surface area contributed by atoms with Crippen molar-refractivity contribution in [2.75, 3.05) is 30.7 Å². The average molecular weight is 600 g/mol. The number of likely N-dealkylation sites (tertiary alicyclic amines) is 1. The number of carbonyl (C=O) groups excluding carboxylic acids is 1. The minimum absolute atomic E-state index is 0.150. The minimum atomic E-state index is -0.362. The number of aryl methyl sites for hydroxylation is 1. The molecule has 5 heterocycles. The van der Waals surface area contributed by atoms with Gasteiger partial charge in [0, 0.05) is 62.3 Å². The molecule has 1 amide bonds. The first-order chi connectivity index (χ1) is 21.9. The second-order valence-corrected chi connectivity index (χ2v) is 11.4. The fraction of sp³-hybridized carbons (Fsp3) is 0.265. The van der Waals surface area contributed by atoms with Gasteiger partial charge >= 0.3 is 0 Å². The zero-order valence-corrected chi connectivity index (χ0v) is 25.4. The molecule has 1 saturated heterocycles. The van der Waals surface area contributed by atoms with Crippen molar-refractivity contribution in [2.24, 2.45) is 7.05 Å². The molecule has 5 aromatic rings. The van der Waals surface area contributed by atoms with Gasteiger partial charge in [-0.1, -0.05) is 50.0 Å². The predicted octanol–water partition coefficient (Wildman–Crippen LogP) is 3.68. The van der Waals surface area contributed by atoms with Crippen molar-refractivity contribution in [2.45, 2.75) is 32.1 Å². The van der Waals surface area contributed by atoms with Gasteiger partial charge in [-0.25, -0.2) is 9.67 Å². The van der Waals surface area contributed by atoms with Crippen LogP contribution in [0.1, 0.15) is 60.3 Å². The second-order valence-electron chi connectivity index (χ2n) is 11.4. The van der Waals surface area contributed by atoms with Gasteiger partial charge < -0.3 is 16.0 Å². The Morgan fingerprint density at radius 1 is 1.11 bits per heavy atom. The Morgan fingerprint density at radius 2 is 1.89 bits per heavy atom. The number of nitrogens with one attached hydrogen (secondary N) is 1. The van der Waals surface area contributed by atoms with E-state index < -0.39 is 0 Å². The molecule has 0 saturated carbocycles. The third kappa shape index (κ3) is 4.75. The van der Waals surface area contributed by atoms with Gasteiger partial charge in [0.25, 0.3) is 5.56 Å². The minimum Gasteiger partial charge on any atom is -0.382 e. The molecule has 1 fully saturated rings. The predicted molar refractivity (Wildman–Crippen MR) is 174 cm³/mol. The van der Waals surface area contributed by atoms with Crippen molar-refractivity contribution >= 4 is 34.6 Å². The number of nitrogens with two attached hydrogens (primary N) is 1. The first-order valence-corrected chi connectivity index (χ1v) is 15.1. The molecule has 2 aliphatic rings. The van der Waals surface area contributed by atoms with Gasteiger partial charge in [-0.3, -0.25) is 18.8 Å². The van der Waals surface area contributed by atoms with Crippen LogP contribution in [0.25, 0.3) is 22.8 Å². The summed E-state index contributed by atoms with van der Waals surface area (Å²) in [5.41, 5.74) is 10.6. The Balaban J connectivity index is 1.35. The van der Waals surface area contributed by atoms with Gasteiger partial charge in [0.1, 0.15) is 11.6 Å². The molecule has 7 rings (SSSR count). The molecular weight excluding hydrogens is 566 g/mol. The maximum absolute atomic E-state index is 14.5. The summed E-state index contributed by atoms with van der Waals surface area (Å²) >= 11 is 0. The van der Waals surface area contributed by atoms with E-state index >= 15 is 0 Å². The summed E-state index contributed by atoms with van der Waals surface area (Å²) in [7, 11) is 1.89. The van der Waals surface area contributed by atoms with E-state index in [1.165, 1.54) is 0 Å². The number of benzene rings is 2. The molecule has 0 aliphatic carbocycles. The summed E-state index contributed by atoms with van der Waals surface area (Å²) in [5.74, 6) is 8.22. The quantitative estimate of drug-likeness (QED) is 0.295. The van der Waals surface area contributed by atoms with Crippen molar-refractivity contribution in [1.82, 2.24) is 34.0 Å². The highest BCUT2D eigenvalue weighted by Gasteiger charge is 2.34. The summed E-state index contributed by atoms with van der Waals surface area (Å²) < 4.78 is 5.21. The van der Waals surface area contributed by atoms with Crippen LogP contribution in [0.5, 0.6) is 0 Å². The van der Waals surface area contributed by atoms with Crippen molar-refractivity contribution in [3.63, 3.8) is 0 Å². The Morgan fingerprint density at radius 3 is 2.67 bits per heavy atom. The zero-order valence-electron chi connectivity index (χ0n) is 25.4. The van der Waals surface area contributed by atoms with Crippen molar-refractivity contribution in [1.29, 1.82) is 0 Å². The lowest BCUT2D eigenvalue weighted by molar-refractivity contribution is -0.135. The number of nitrogens with zero attached hydrogens (tertiary/aromatic N) is 7. The number of hydrogen-bond donors (Lipinski definition) is 2. The molecule has 2 aliphatic heterocycles. The van der Waals surface area contributed by atoms with E-state index in [0.29, 0.717) is 59.9 Å². The van der Waals surface area contributed by atoms with Gasteiger partial charge in [-0.2, -0.15) is 5.10 Å². The molecule has 3 N–H and O–H groups in total. The van der Waals surface area contributed by atoms with Crippen LogP contribution in [0.4, 0.5) is 11.6 Å². The van der Waals surface area contributed by atoms with E-state index in [1.54, 1.807) is 15.4 Å². The number of hydrogen-bond acceptors (Lipinski definition) is 7. The standard InChI is InChI=1S/C34H33N9O2/c1-4-27(44)41-19-24(20-41)30-23(18-37-40(30)3)15-14-22-10-8-13-26-29(22)34(45)43(25-11-6-5-7-12-25)32(38-26)21(2)28-31(35)39-42-17-9-16-36-33(28)42/h5-13,17-18,21,24,36H,4,16,19-20H2,1-3H3,(H2,35,39). The Kier molecular flexibility index (Phi) is 6.97. The number of para-hydroxylation sites is 1. The molecule has 0 spiro atoms. The van der Waals surface area contributed by atoms with Crippen LogP contribution in [-0.2, 0) is 11.8 Å². The first kappa shape index (κ1) is 28.2. The molecule has 1 unspecified atom stereocenters. The highest BCUT2D eigenvalue weighted by atomic mass is 16.2. The number of fused-ring (bicyclic) bond motifs is 2. The highest BCUT2D eigenvalue weighted by Crippen LogP contribution is 2.36. The van der Waals surface area contributed by atoms with Crippen LogP contribution >= 0.6 is 0 Å². The van der Waals surface area contributed by atoms with Crippen LogP contribution in [0.3, 0.4) is 0 Å². The SMILES string of the molecule is CCC(=O)N1CC(c2c(C#Cc3cccc4nc(C(C)c5c(N)nn6c5NCC=C6)n(-c5ccccc5)c(=O)c34)cnn2C)C1. The van der Waals surface area contributed by atoms with E-state index in [4.69, 9.17) is 10.7 Å². The van der Waals surface area contributed by atoms with Gasteiger partial charge in [0.15, 0.2) is 5.82 Å². The van der Waals surface area contributed by atoms with Crippen LogP contribution in [-0.4, -0.2) is 59.6 Å². The number of aromatic nitrogens is 6. The van der Waals surface area contributed by atoms with Gasteiger partial charge in [0.2, 0.25) is 5.91 Å². The number of anilines is 2. The summed E-state index contributed by atoms with van der Waals surface area (Å²) in [6.45, 7) is 5.82. The summed E-state index contributed by atoms with van der Waals surface area (Å²) in [6, 6.07) is 15.1. The summed E-state index contributed by atoms with van der Waals surface area (Å²) in [4.78, 5) is 33.6. The Hall–Kier alpha value is -5.63. The number of carbonyl (C=O) groups is 1. The normalized spacial score (nSPS) is 14.8. The van der Waals surface area contributed by atoms with Crippen molar-refractivity contribution in [3.05, 3.63) is 99.4 Å². The molecule has 3 aromatic heterocycles. The molecule has 2 aromatic carbocycles. The molecular formula is C34H33N9O2. The van der Waals surface area contributed by atoms with Crippen LogP contribution in [0.2, 0.25) is 0 Å². The maximum Gasteiger partial charge on any atom is 0.267 e. The molecule has 226 valence electrons. The molecule has 11 nitrogen and oxygen atoms in total. The largest absolute Gasteiger partial charge is 0.382 e. The maximum atomic E-state index is 14.5. The Bertz CT molecular complexity index is 2100. The Labute approximate surface area is 260 Å². The third-order valence-corrected chi connectivity index (χ3v) is 8.61. The topological polar surface area (TPSA) is 129 Å². The monoisotopic (exact) mass is 599 g/mol. The molecule has 0 radical (unpaired) electrons. The lowest BCUT2D eigenvalue weighted by Crippen LogP contribution is -2.49. The smallest absolute Gasteiger partial charge is 0.267 e. The van der Waals surface area contributed by atoms with Crippen molar-refractivity contribution < 1.29 is 4.79 Å². The molecule has 0 bridgehead atoms. The number of rotatable bonds is 5. The highest BCUT2D eigenvalue weighted by molar-refractivity contribution is 5.85. The van der Waals surface area contributed by atoms with E-state index in [0.717, 1.165) is 22.6 Å². The van der Waals surface area contributed by atoms with Crippen LogP contribution in [0.15, 0.2) is 65.6 Å². The van der Waals surface area contributed by atoms with Gasteiger partial charge in [-0.15, -0.1) is 5.10 Å². The zero-order chi connectivity index (χ0) is 31.2. The molecule has 1 atom stereocenters.